The lowest BCUT2D eigenvalue weighted by atomic mass is 10.0. The fraction of sp³-hybridized carbons (Fsp3) is 0.154. The smallest absolute Gasteiger partial charge is 0.338 e. The van der Waals surface area contributed by atoms with Crippen molar-refractivity contribution in [2.75, 3.05) is 11.5 Å². The first-order chi connectivity index (χ1) is 15.3. The van der Waals surface area contributed by atoms with Crippen molar-refractivity contribution in [3.63, 3.8) is 0 Å². The number of rotatable bonds is 5. The number of hydrogen-bond donors (Lipinski definition) is 0. The van der Waals surface area contributed by atoms with E-state index in [-0.39, 0.29) is 22.5 Å². The average molecular weight is 427 g/mol. The first kappa shape index (κ1) is 21.2. The van der Waals surface area contributed by atoms with Gasteiger partial charge in [0.15, 0.2) is 6.61 Å². The minimum absolute atomic E-state index is 0.102. The summed E-state index contributed by atoms with van der Waals surface area (Å²) in [5, 5.41) is 0. The molecule has 3 aromatic carbocycles. The highest BCUT2D eigenvalue weighted by Crippen LogP contribution is 2.31. The number of carbonyl (C=O) groups excluding carboxylic acids is 4. The number of Topliss-reactive ketones (excluding diaryl/α,β-unsaturated/α-hetero) is 1. The third-order valence-corrected chi connectivity index (χ3v) is 5.51. The number of aryl methyl sites for hydroxylation is 3. The number of esters is 1. The predicted molar refractivity (Wildman–Crippen MR) is 119 cm³/mol. The molecule has 2 amide bonds. The molecule has 0 spiro atoms. The summed E-state index contributed by atoms with van der Waals surface area (Å²) >= 11 is 0. The van der Waals surface area contributed by atoms with E-state index in [1.165, 1.54) is 18.2 Å². The molecule has 4 rings (SSSR count). The second-order valence-corrected chi connectivity index (χ2v) is 7.81. The molecule has 0 saturated heterocycles. The molecule has 1 aliphatic rings. The van der Waals surface area contributed by atoms with Gasteiger partial charge in [-0.1, -0.05) is 35.9 Å². The van der Waals surface area contributed by atoms with Crippen LogP contribution in [0.15, 0.2) is 60.7 Å². The van der Waals surface area contributed by atoms with Crippen molar-refractivity contribution < 1.29 is 23.9 Å². The zero-order valence-electron chi connectivity index (χ0n) is 18.0. The Morgan fingerprint density at radius 2 is 1.53 bits per heavy atom. The third-order valence-electron chi connectivity index (χ3n) is 5.51. The van der Waals surface area contributed by atoms with Crippen LogP contribution >= 0.6 is 0 Å². The summed E-state index contributed by atoms with van der Waals surface area (Å²) in [5.74, 6) is -1.98. The Morgan fingerprint density at radius 3 is 2.28 bits per heavy atom. The second-order valence-electron chi connectivity index (χ2n) is 7.81. The molecule has 0 unspecified atom stereocenters. The first-order valence-electron chi connectivity index (χ1n) is 10.1. The van der Waals surface area contributed by atoms with Crippen molar-refractivity contribution in [2.45, 2.75) is 20.8 Å². The molecule has 6 nitrogen and oxygen atoms in total. The van der Waals surface area contributed by atoms with Gasteiger partial charge >= 0.3 is 5.97 Å². The normalized spacial score (nSPS) is 12.7. The van der Waals surface area contributed by atoms with Gasteiger partial charge in [0.05, 0.1) is 22.4 Å². The molecule has 6 heteroatoms. The van der Waals surface area contributed by atoms with Crippen molar-refractivity contribution in [2.24, 2.45) is 0 Å². The monoisotopic (exact) mass is 427 g/mol. The lowest BCUT2D eigenvalue weighted by Gasteiger charge is -2.16. The van der Waals surface area contributed by atoms with Gasteiger partial charge in [-0.25, -0.2) is 9.69 Å². The van der Waals surface area contributed by atoms with Gasteiger partial charge in [-0.15, -0.1) is 0 Å². The number of imide groups is 1. The van der Waals surface area contributed by atoms with E-state index in [0.717, 1.165) is 21.6 Å². The molecule has 32 heavy (non-hydrogen) atoms. The molecule has 3 aromatic rings. The Labute approximate surface area is 185 Å². The van der Waals surface area contributed by atoms with Gasteiger partial charge in [0.2, 0.25) is 5.78 Å². The molecular weight excluding hydrogens is 406 g/mol. The van der Waals surface area contributed by atoms with E-state index in [1.807, 2.05) is 45.0 Å². The molecule has 0 radical (unpaired) electrons. The molecule has 0 atom stereocenters. The Hall–Kier alpha value is -4.06. The van der Waals surface area contributed by atoms with E-state index in [0.29, 0.717) is 11.3 Å². The Balaban J connectivity index is 1.53. The number of ketones is 1. The highest BCUT2D eigenvalue weighted by atomic mass is 16.5. The van der Waals surface area contributed by atoms with E-state index >= 15 is 0 Å². The number of para-hydroxylation sites is 1. The van der Waals surface area contributed by atoms with Crippen molar-refractivity contribution in [3.05, 3.63) is 99.6 Å². The van der Waals surface area contributed by atoms with Gasteiger partial charge in [-0.3, -0.25) is 14.4 Å². The molecule has 0 aromatic heterocycles. The maximum absolute atomic E-state index is 13.0. The highest BCUT2D eigenvalue weighted by molar-refractivity contribution is 6.35. The molecule has 0 bridgehead atoms. The molecule has 160 valence electrons. The predicted octanol–water partition coefficient (Wildman–Crippen LogP) is 4.45. The molecule has 1 heterocycles. The largest absolute Gasteiger partial charge is 0.454 e. The number of carbonyl (C=O) groups is 4. The van der Waals surface area contributed by atoms with Gasteiger partial charge in [0.25, 0.3) is 11.8 Å². The van der Waals surface area contributed by atoms with Crippen LogP contribution in [0.5, 0.6) is 0 Å². The molecule has 1 aliphatic heterocycles. The summed E-state index contributed by atoms with van der Waals surface area (Å²) in [6, 6.07) is 16.8. The summed E-state index contributed by atoms with van der Waals surface area (Å²) in [6.45, 7) is 5.10. The summed E-state index contributed by atoms with van der Waals surface area (Å²) < 4.78 is 5.19. The van der Waals surface area contributed by atoms with Crippen LogP contribution in [0.1, 0.15) is 58.1 Å². The quantitative estimate of drug-likeness (QED) is 0.341. The number of ether oxygens (including phenoxy) is 1. The van der Waals surface area contributed by atoms with Crippen molar-refractivity contribution in [1.29, 1.82) is 0 Å². The first-order valence-corrected chi connectivity index (χ1v) is 10.1. The van der Waals surface area contributed by atoms with Crippen LogP contribution in [0.2, 0.25) is 0 Å². The minimum Gasteiger partial charge on any atom is -0.454 e. The zero-order chi connectivity index (χ0) is 23.0. The van der Waals surface area contributed by atoms with Crippen LogP contribution in [0.4, 0.5) is 5.69 Å². The van der Waals surface area contributed by atoms with E-state index in [2.05, 4.69) is 0 Å². The van der Waals surface area contributed by atoms with Gasteiger partial charge in [-0.05, 0) is 62.2 Å². The fourth-order valence-corrected chi connectivity index (χ4v) is 3.73. The standard InChI is InChI=1S/C26H21NO5/c1-15-8-9-16(2)20(12-15)23(28)14-32-26(31)18-10-11-19-21(13-18)25(30)27(24(19)29)22-7-5-4-6-17(22)3/h4-13H,14H2,1-3H3. The van der Waals surface area contributed by atoms with Crippen LogP contribution in [0.3, 0.4) is 0 Å². The van der Waals surface area contributed by atoms with E-state index in [1.54, 1.807) is 18.2 Å². The van der Waals surface area contributed by atoms with Crippen molar-refractivity contribution in [1.82, 2.24) is 0 Å². The van der Waals surface area contributed by atoms with Crippen LogP contribution in [-0.2, 0) is 4.74 Å². The number of benzene rings is 3. The number of fused-ring (bicyclic) bond motifs is 1. The summed E-state index contributed by atoms with van der Waals surface area (Å²) in [6.07, 6.45) is 0. The number of amides is 2. The van der Waals surface area contributed by atoms with Gasteiger partial charge < -0.3 is 4.74 Å². The number of nitrogens with zero attached hydrogens (tertiary/aromatic N) is 1. The topological polar surface area (TPSA) is 80.8 Å². The van der Waals surface area contributed by atoms with E-state index in [9.17, 15) is 19.2 Å². The van der Waals surface area contributed by atoms with Crippen LogP contribution in [0.25, 0.3) is 0 Å². The van der Waals surface area contributed by atoms with Gasteiger partial charge in [0, 0.05) is 5.56 Å². The second kappa shape index (κ2) is 8.23. The maximum Gasteiger partial charge on any atom is 0.338 e. The molecule has 0 fully saturated rings. The minimum atomic E-state index is -0.735. The summed E-state index contributed by atoms with van der Waals surface area (Å²) in [5.41, 5.74) is 3.98. The van der Waals surface area contributed by atoms with E-state index < -0.39 is 24.4 Å². The number of hydrogen-bond acceptors (Lipinski definition) is 5. The number of anilines is 1. The summed E-state index contributed by atoms with van der Waals surface area (Å²) in [4.78, 5) is 51.9. The van der Waals surface area contributed by atoms with Crippen LogP contribution in [0, 0.1) is 20.8 Å². The molecular formula is C26H21NO5. The highest BCUT2D eigenvalue weighted by Gasteiger charge is 2.37. The SMILES string of the molecule is Cc1ccc(C)c(C(=O)COC(=O)c2ccc3c(c2)C(=O)N(c2ccccc2C)C3=O)c1. The lowest BCUT2D eigenvalue weighted by Crippen LogP contribution is -2.29. The Bertz CT molecular complexity index is 1290. The van der Waals surface area contributed by atoms with Crippen LogP contribution < -0.4 is 4.90 Å². The van der Waals surface area contributed by atoms with Gasteiger partial charge in [0.1, 0.15) is 0 Å². The Kier molecular flexibility index (Phi) is 5.45. The lowest BCUT2D eigenvalue weighted by molar-refractivity contribution is 0.0474. The average Bonchev–Trinajstić information content (AvgIpc) is 3.03. The maximum atomic E-state index is 13.0. The molecule has 0 N–H and O–H groups in total. The van der Waals surface area contributed by atoms with Crippen molar-refractivity contribution in [3.8, 4) is 0 Å². The summed E-state index contributed by atoms with van der Waals surface area (Å²) in [7, 11) is 0. The van der Waals surface area contributed by atoms with E-state index in [4.69, 9.17) is 4.74 Å². The van der Waals surface area contributed by atoms with Gasteiger partial charge in [-0.2, -0.15) is 0 Å². The molecule has 0 saturated carbocycles. The fourth-order valence-electron chi connectivity index (χ4n) is 3.73. The third kappa shape index (κ3) is 3.71. The van der Waals surface area contributed by atoms with Crippen molar-refractivity contribution >= 4 is 29.3 Å². The molecule has 0 aliphatic carbocycles. The Morgan fingerprint density at radius 1 is 0.812 bits per heavy atom. The van der Waals surface area contributed by atoms with Crippen LogP contribution in [-0.4, -0.2) is 30.2 Å². The zero-order valence-corrected chi connectivity index (χ0v) is 18.0.